The largest absolute Gasteiger partial charge is 0.456 e. The van der Waals surface area contributed by atoms with Crippen LogP contribution in [0.25, 0.3) is 5.52 Å². The first-order valence-corrected chi connectivity index (χ1v) is 5.62. The van der Waals surface area contributed by atoms with Crippen LogP contribution in [0.3, 0.4) is 0 Å². The SMILES string of the molecule is NCc1nc(C(=O)C(F)(F)F)c2cc(Br)ccn12. The van der Waals surface area contributed by atoms with Gasteiger partial charge in [-0.15, -0.1) is 0 Å². The minimum atomic E-state index is -4.96. The van der Waals surface area contributed by atoms with Gasteiger partial charge in [-0.2, -0.15) is 13.2 Å². The van der Waals surface area contributed by atoms with E-state index in [0.717, 1.165) is 0 Å². The Bertz CT molecular complexity index is 621. The third-order valence-electron chi connectivity index (χ3n) is 2.33. The average Bonchev–Trinajstić information content (AvgIpc) is 2.64. The van der Waals surface area contributed by atoms with Crippen LogP contribution in [-0.2, 0) is 6.54 Å². The molecular weight excluding hydrogens is 315 g/mol. The molecule has 18 heavy (non-hydrogen) atoms. The number of hydrogen-bond donors (Lipinski definition) is 1. The number of carbonyl (C=O) groups is 1. The second-order valence-electron chi connectivity index (χ2n) is 3.51. The Morgan fingerprint density at radius 3 is 2.72 bits per heavy atom. The van der Waals surface area contributed by atoms with Crippen LogP contribution in [0.15, 0.2) is 22.8 Å². The molecule has 0 saturated carbocycles. The van der Waals surface area contributed by atoms with Crippen LogP contribution in [0, 0.1) is 0 Å². The summed E-state index contributed by atoms with van der Waals surface area (Å²) in [6, 6.07) is 3.01. The van der Waals surface area contributed by atoms with Gasteiger partial charge in [-0.1, -0.05) is 15.9 Å². The molecule has 2 aromatic heterocycles. The van der Waals surface area contributed by atoms with Crippen molar-refractivity contribution in [1.82, 2.24) is 9.38 Å². The van der Waals surface area contributed by atoms with E-state index in [9.17, 15) is 18.0 Å². The highest BCUT2D eigenvalue weighted by Gasteiger charge is 2.42. The number of imidazole rings is 1. The third kappa shape index (κ3) is 2.13. The number of ketones is 1. The smallest absolute Gasteiger partial charge is 0.324 e. The van der Waals surface area contributed by atoms with E-state index in [-0.39, 0.29) is 17.9 Å². The van der Waals surface area contributed by atoms with E-state index in [2.05, 4.69) is 20.9 Å². The lowest BCUT2D eigenvalue weighted by Gasteiger charge is -2.02. The summed E-state index contributed by atoms with van der Waals surface area (Å²) in [7, 11) is 0. The molecule has 2 heterocycles. The molecule has 0 aromatic carbocycles. The predicted octanol–water partition coefficient (Wildman–Crippen LogP) is 2.30. The molecule has 0 unspecified atom stereocenters. The van der Waals surface area contributed by atoms with Gasteiger partial charge in [0.25, 0.3) is 5.78 Å². The molecule has 2 N–H and O–H groups in total. The molecule has 0 fully saturated rings. The Morgan fingerprint density at radius 1 is 1.50 bits per heavy atom. The van der Waals surface area contributed by atoms with Crippen LogP contribution >= 0.6 is 15.9 Å². The number of nitrogens with zero attached hydrogens (tertiary/aromatic N) is 2. The van der Waals surface area contributed by atoms with Gasteiger partial charge in [0.2, 0.25) is 0 Å². The van der Waals surface area contributed by atoms with Crippen LogP contribution in [0.1, 0.15) is 16.3 Å². The van der Waals surface area contributed by atoms with Gasteiger partial charge in [0, 0.05) is 10.7 Å². The van der Waals surface area contributed by atoms with Crippen molar-refractivity contribution in [2.75, 3.05) is 0 Å². The molecule has 96 valence electrons. The quantitative estimate of drug-likeness (QED) is 0.863. The Kier molecular flexibility index (Phi) is 3.16. The minimum Gasteiger partial charge on any atom is -0.324 e. The molecular formula is C10H7BrF3N3O. The summed E-state index contributed by atoms with van der Waals surface area (Å²) in [6.07, 6.45) is -3.45. The normalized spacial score (nSPS) is 12.1. The van der Waals surface area contributed by atoms with Crippen molar-refractivity contribution in [2.24, 2.45) is 5.73 Å². The highest BCUT2D eigenvalue weighted by Crippen LogP contribution is 2.25. The van der Waals surface area contributed by atoms with Crippen molar-refractivity contribution in [3.63, 3.8) is 0 Å². The Labute approximate surface area is 108 Å². The molecule has 8 heteroatoms. The topological polar surface area (TPSA) is 60.4 Å². The number of rotatable bonds is 2. The van der Waals surface area contributed by atoms with Crippen molar-refractivity contribution in [1.29, 1.82) is 0 Å². The number of aromatic nitrogens is 2. The summed E-state index contributed by atoms with van der Waals surface area (Å²) < 4.78 is 39.2. The van der Waals surface area contributed by atoms with E-state index in [0.29, 0.717) is 4.47 Å². The molecule has 0 amide bonds. The number of Topliss-reactive ketones (excluding diaryl/α,β-unsaturated/α-hetero) is 1. The molecule has 0 bridgehead atoms. The highest BCUT2D eigenvalue weighted by molar-refractivity contribution is 9.10. The molecule has 4 nitrogen and oxygen atoms in total. The minimum absolute atomic E-state index is 0.0616. The Hall–Kier alpha value is -1.41. The maximum Gasteiger partial charge on any atom is 0.456 e. The molecule has 0 radical (unpaired) electrons. The van der Waals surface area contributed by atoms with Crippen molar-refractivity contribution in [3.05, 3.63) is 34.3 Å². The van der Waals surface area contributed by atoms with Crippen LogP contribution in [0.4, 0.5) is 13.2 Å². The van der Waals surface area contributed by atoms with Gasteiger partial charge >= 0.3 is 6.18 Å². The van der Waals surface area contributed by atoms with Crippen LogP contribution < -0.4 is 5.73 Å². The summed E-state index contributed by atoms with van der Waals surface area (Å²) in [6.45, 7) is -0.0616. The van der Waals surface area contributed by atoms with E-state index in [1.165, 1.54) is 16.7 Å². The first kappa shape index (κ1) is 13.0. The van der Waals surface area contributed by atoms with Gasteiger partial charge in [-0.25, -0.2) is 4.98 Å². The molecule has 0 aliphatic heterocycles. The van der Waals surface area contributed by atoms with Crippen molar-refractivity contribution in [3.8, 4) is 0 Å². The van der Waals surface area contributed by atoms with Gasteiger partial charge < -0.3 is 10.1 Å². The molecule has 0 spiro atoms. The number of pyridine rings is 1. The van der Waals surface area contributed by atoms with E-state index in [4.69, 9.17) is 5.73 Å². The number of halogens is 4. The average molecular weight is 322 g/mol. The molecule has 0 aliphatic rings. The zero-order valence-electron chi connectivity index (χ0n) is 8.83. The van der Waals surface area contributed by atoms with E-state index >= 15 is 0 Å². The van der Waals surface area contributed by atoms with Gasteiger partial charge in [0.05, 0.1) is 12.1 Å². The fourth-order valence-corrected chi connectivity index (χ4v) is 1.90. The Balaban J connectivity index is 2.71. The lowest BCUT2D eigenvalue weighted by atomic mass is 10.2. The summed E-state index contributed by atoms with van der Waals surface area (Å²) in [5, 5.41) is 0. The molecule has 2 rings (SSSR count). The van der Waals surface area contributed by atoms with E-state index < -0.39 is 17.7 Å². The zero-order valence-corrected chi connectivity index (χ0v) is 10.4. The van der Waals surface area contributed by atoms with Crippen molar-refractivity contribution >= 4 is 27.2 Å². The lowest BCUT2D eigenvalue weighted by Crippen LogP contribution is -2.23. The number of alkyl halides is 3. The third-order valence-corrected chi connectivity index (χ3v) is 2.83. The first-order chi connectivity index (χ1) is 8.34. The molecule has 0 aliphatic carbocycles. The second-order valence-corrected chi connectivity index (χ2v) is 4.42. The standard InChI is InChI=1S/C10H7BrF3N3O/c11-5-1-2-17-6(3-5)8(16-7(17)4-15)9(18)10(12,13)14/h1-3H,4,15H2. The molecule has 0 saturated heterocycles. The molecule has 2 aromatic rings. The lowest BCUT2D eigenvalue weighted by molar-refractivity contribution is -0.0887. The van der Waals surface area contributed by atoms with E-state index in [1.54, 1.807) is 6.07 Å². The van der Waals surface area contributed by atoms with Crippen molar-refractivity contribution in [2.45, 2.75) is 12.7 Å². The Morgan fingerprint density at radius 2 is 2.17 bits per heavy atom. The van der Waals surface area contributed by atoms with Gasteiger partial charge in [-0.05, 0) is 12.1 Å². The number of hydrogen-bond acceptors (Lipinski definition) is 3. The number of carbonyl (C=O) groups excluding carboxylic acids is 1. The maximum absolute atomic E-state index is 12.4. The summed E-state index contributed by atoms with van der Waals surface area (Å²) in [5.41, 5.74) is 4.83. The zero-order chi connectivity index (χ0) is 13.5. The fraction of sp³-hybridized carbons (Fsp3) is 0.200. The summed E-state index contributed by atoms with van der Waals surface area (Å²) in [5.74, 6) is -1.78. The second kappa shape index (κ2) is 4.36. The summed E-state index contributed by atoms with van der Waals surface area (Å²) >= 11 is 3.13. The summed E-state index contributed by atoms with van der Waals surface area (Å²) in [4.78, 5) is 14.9. The van der Waals surface area contributed by atoms with Crippen molar-refractivity contribution < 1.29 is 18.0 Å². The maximum atomic E-state index is 12.4. The fourth-order valence-electron chi connectivity index (χ4n) is 1.57. The number of nitrogens with two attached hydrogens (primary N) is 1. The van der Waals surface area contributed by atoms with E-state index in [1.807, 2.05) is 0 Å². The monoisotopic (exact) mass is 321 g/mol. The van der Waals surface area contributed by atoms with Crippen LogP contribution in [0.2, 0.25) is 0 Å². The van der Waals surface area contributed by atoms with Gasteiger partial charge in [0.1, 0.15) is 11.5 Å². The van der Waals surface area contributed by atoms with Gasteiger partial charge in [-0.3, -0.25) is 4.79 Å². The van der Waals surface area contributed by atoms with Crippen LogP contribution in [0.5, 0.6) is 0 Å². The predicted molar refractivity (Wildman–Crippen MR) is 61.2 cm³/mol. The first-order valence-electron chi connectivity index (χ1n) is 4.82. The number of fused-ring (bicyclic) bond motifs is 1. The van der Waals surface area contributed by atoms with Crippen LogP contribution in [-0.4, -0.2) is 21.3 Å². The molecule has 0 atom stereocenters. The highest BCUT2D eigenvalue weighted by atomic mass is 79.9. The van der Waals surface area contributed by atoms with Gasteiger partial charge in [0.15, 0.2) is 0 Å².